The van der Waals surface area contributed by atoms with E-state index in [4.69, 9.17) is 5.11 Å². The van der Waals surface area contributed by atoms with Gasteiger partial charge in [-0.3, -0.25) is 13.9 Å². The lowest BCUT2D eigenvalue weighted by molar-refractivity contribution is -0.138. The van der Waals surface area contributed by atoms with Crippen molar-refractivity contribution in [1.82, 2.24) is 5.32 Å². The van der Waals surface area contributed by atoms with E-state index in [9.17, 15) is 18.0 Å². The fraction of sp³-hybridized carbons (Fsp3) is 0.556. The second kappa shape index (κ2) is 7.26. The summed E-state index contributed by atoms with van der Waals surface area (Å²) in [5.74, 6) is -1.40. The fourth-order valence-corrected chi connectivity index (χ4v) is 4.08. The Balaban J connectivity index is 2.30. The molecular formula is C18H26N2O5S. The lowest BCUT2D eigenvalue weighted by Crippen LogP contribution is -2.51. The smallest absolute Gasteiger partial charge is 0.305 e. The average molecular weight is 382 g/mol. The van der Waals surface area contributed by atoms with Gasteiger partial charge in [-0.05, 0) is 49.4 Å². The molecule has 0 bridgehead atoms. The number of carbonyl (C=O) groups is 2. The molecule has 1 aromatic carbocycles. The Hall–Kier alpha value is -2.09. The molecule has 1 aromatic rings. The highest BCUT2D eigenvalue weighted by molar-refractivity contribution is 7.92. The Kier molecular flexibility index (Phi) is 5.65. The van der Waals surface area contributed by atoms with Crippen LogP contribution in [0.1, 0.15) is 49.5 Å². The van der Waals surface area contributed by atoms with Crippen molar-refractivity contribution < 1.29 is 23.1 Å². The topological polar surface area (TPSA) is 104 Å². The third kappa shape index (κ3) is 4.35. The van der Waals surface area contributed by atoms with Gasteiger partial charge in [-0.1, -0.05) is 13.8 Å². The zero-order chi connectivity index (χ0) is 19.7. The molecular weight excluding hydrogens is 356 g/mol. The van der Waals surface area contributed by atoms with Crippen LogP contribution < -0.4 is 9.62 Å². The summed E-state index contributed by atoms with van der Waals surface area (Å²) in [6.07, 6.45) is 2.37. The Morgan fingerprint density at radius 2 is 2.00 bits per heavy atom. The summed E-state index contributed by atoms with van der Waals surface area (Å²) in [4.78, 5) is 23.8. The number of carbonyl (C=O) groups excluding carboxylic acids is 1. The number of carboxylic acid groups (broad SMARTS) is 1. The lowest BCUT2D eigenvalue weighted by atomic mass is 9.85. The van der Waals surface area contributed by atoms with Crippen LogP contribution in [0.3, 0.4) is 0 Å². The predicted molar refractivity (Wildman–Crippen MR) is 99.9 cm³/mol. The number of aryl methyl sites for hydroxylation is 1. The van der Waals surface area contributed by atoms with Gasteiger partial charge in [0, 0.05) is 12.1 Å². The van der Waals surface area contributed by atoms with Crippen molar-refractivity contribution >= 4 is 27.6 Å². The third-order valence-electron chi connectivity index (χ3n) is 5.01. The first-order chi connectivity index (χ1) is 11.9. The first kappa shape index (κ1) is 20.2. The molecule has 7 nitrogen and oxygen atoms in total. The van der Waals surface area contributed by atoms with E-state index in [1.54, 1.807) is 25.1 Å². The van der Waals surface area contributed by atoms with Crippen LogP contribution in [0.25, 0.3) is 0 Å². The predicted octanol–water partition coefficient (Wildman–Crippen LogP) is 2.02. The molecule has 8 heteroatoms. The first-order valence-corrected chi connectivity index (χ1v) is 10.4. The molecule has 1 amide bonds. The van der Waals surface area contributed by atoms with Crippen LogP contribution >= 0.6 is 0 Å². The molecule has 0 saturated carbocycles. The number of nitrogens with zero attached hydrogens (tertiary/aromatic N) is 1. The van der Waals surface area contributed by atoms with Gasteiger partial charge in [0.25, 0.3) is 5.91 Å². The van der Waals surface area contributed by atoms with E-state index >= 15 is 0 Å². The number of carboxylic acids is 1. The van der Waals surface area contributed by atoms with E-state index in [0.29, 0.717) is 30.6 Å². The van der Waals surface area contributed by atoms with Crippen LogP contribution in [-0.2, 0) is 21.2 Å². The normalized spacial score (nSPS) is 16.7. The number of aliphatic carboxylic acids is 1. The van der Waals surface area contributed by atoms with Crippen molar-refractivity contribution in [3.63, 3.8) is 0 Å². The quantitative estimate of drug-likeness (QED) is 0.783. The van der Waals surface area contributed by atoms with E-state index in [1.807, 2.05) is 13.8 Å². The summed E-state index contributed by atoms with van der Waals surface area (Å²) >= 11 is 0. The monoisotopic (exact) mass is 382 g/mol. The maximum Gasteiger partial charge on any atom is 0.305 e. The Morgan fingerprint density at radius 1 is 1.35 bits per heavy atom. The van der Waals surface area contributed by atoms with Crippen molar-refractivity contribution in [2.24, 2.45) is 5.92 Å². The maximum atomic E-state index is 12.7. The van der Waals surface area contributed by atoms with E-state index in [2.05, 4.69) is 5.32 Å². The number of benzene rings is 1. The van der Waals surface area contributed by atoms with Gasteiger partial charge in [0.1, 0.15) is 0 Å². The lowest BCUT2D eigenvalue weighted by Gasteiger charge is -2.34. The van der Waals surface area contributed by atoms with Gasteiger partial charge in [-0.25, -0.2) is 8.42 Å². The second-order valence-corrected chi connectivity index (χ2v) is 9.29. The van der Waals surface area contributed by atoms with Gasteiger partial charge < -0.3 is 10.4 Å². The van der Waals surface area contributed by atoms with Crippen molar-refractivity contribution in [2.45, 2.75) is 45.6 Å². The molecule has 0 aliphatic carbocycles. The minimum absolute atomic E-state index is 0.0686. The molecule has 0 aromatic heterocycles. The van der Waals surface area contributed by atoms with E-state index in [0.717, 1.165) is 5.56 Å². The van der Waals surface area contributed by atoms with Crippen molar-refractivity contribution in [1.29, 1.82) is 0 Å². The van der Waals surface area contributed by atoms with E-state index < -0.39 is 21.5 Å². The number of hydrogen-bond acceptors (Lipinski definition) is 4. The summed E-state index contributed by atoms with van der Waals surface area (Å²) in [6, 6.07) is 4.93. The number of nitrogens with one attached hydrogen (secondary N) is 1. The molecule has 0 fully saturated rings. The second-order valence-electron chi connectivity index (χ2n) is 7.38. The van der Waals surface area contributed by atoms with Crippen LogP contribution in [0, 0.1) is 5.92 Å². The highest BCUT2D eigenvalue weighted by Gasteiger charge is 2.33. The van der Waals surface area contributed by atoms with Crippen molar-refractivity contribution in [3.8, 4) is 0 Å². The van der Waals surface area contributed by atoms with Gasteiger partial charge in [-0.2, -0.15) is 0 Å². The highest BCUT2D eigenvalue weighted by atomic mass is 32.2. The summed E-state index contributed by atoms with van der Waals surface area (Å²) in [5, 5.41) is 12.0. The SMILES string of the molecule is CC(C)C(C)(CC(=O)O)NC(=O)c1ccc2c(c1)CCCN2S(C)(=O)=O. The maximum absolute atomic E-state index is 12.7. The number of sulfonamides is 1. The average Bonchev–Trinajstić information content (AvgIpc) is 2.51. The molecule has 1 heterocycles. The zero-order valence-electron chi connectivity index (χ0n) is 15.6. The van der Waals surface area contributed by atoms with Gasteiger partial charge >= 0.3 is 5.97 Å². The van der Waals surface area contributed by atoms with Crippen LogP contribution in [0.15, 0.2) is 18.2 Å². The molecule has 0 radical (unpaired) electrons. The number of anilines is 1. The number of amides is 1. The summed E-state index contributed by atoms with van der Waals surface area (Å²) < 4.78 is 25.2. The minimum atomic E-state index is -3.36. The van der Waals surface area contributed by atoms with E-state index in [1.165, 1.54) is 10.6 Å². The Labute approximate surface area is 154 Å². The van der Waals surface area contributed by atoms with Gasteiger partial charge in [0.05, 0.1) is 23.9 Å². The zero-order valence-corrected chi connectivity index (χ0v) is 16.4. The summed E-state index contributed by atoms with van der Waals surface area (Å²) in [5.41, 5.74) is 0.931. The van der Waals surface area contributed by atoms with Crippen LogP contribution in [0.5, 0.6) is 0 Å². The summed E-state index contributed by atoms with van der Waals surface area (Å²) in [6.45, 7) is 5.87. The Morgan fingerprint density at radius 3 is 2.54 bits per heavy atom. The van der Waals surface area contributed by atoms with Gasteiger partial charge in [0.2, 0.25) is 10.0 Å². The molecule has 2 N–H and O–H groups in total. The molecule has 0 saturated heterocycles. The van der Waals surface area contributed by atoms with Crippen LogP contribution in [0.2, 0.25) is 0 Å². The summed E-state index contributed by atoms with van der Waals surface area (Å²) in [7, 11) is -3.36. The highest BCUT2D eigenvalue weighted by Crippen LogP contribution is 2.30. The molecule has 1 aliphatic heterocycles. The molecule has 26 heavy (non-hydrogen) atoms. The molecule has 2 rings (SSSR count). The molecule has 1 atom stereocenters. The molecule has 1 aliphatic rings. The van der Waals surface area contributed by atoms with Gasteiger partial charge in [-0.15, -0.1) is 0 Å². The first-order valence-electron chi connectivity index (χ1n) is 8.59. The largest absolute Gasteiger partial charge is 0.481 e. The van der Waals surface area contributed by atoms with Crippen LogP contribution in [-0.4, -0.2) is 43.7 Å². The third-order valence-corrected chi connectivity index (χ3v) is 6.19. The molecule has 1 unspecified atom stereocenters. The van der Waals surface area contributed by atoms with Gasteiger partial charge in [0.15, 0.2) is 0 Å². The minimum Gasteiger partial charge on any atom is -0.481 e. The Bertz CT molecular complexity index is 819. The number of rotatable bonds is 6. The fourth-order valence-electron chi connectivity index (χ4n) is 3.09. The van der Waals surface area contributed by atoms with Crippen molar-refractivity contribution in [3.05, 3.63) is 29.3 Å². The standard InChI is InChI=1S/C18H26N2O5S/c1-12(2)18(3,11-16(21)22)19-17(23)14-7-8-15-13(10-14)6-5-9-20(15)26(4,24)25/h7-8,10,12H,5-6,9,11H2,1-4H3,(H,19,23)(H,21,22). The molecule has 144 valence electrons. The van der Waals surface area contributed by atoms with E-state index in [-0.39, 0.29) is 18.2 Å². The number of fused-ring (bicyclic) bond motifs is 1. The van der Waals surface area contributed by atoms with Crippen LogP contribution in [0.4, 0.5) is 5.69 Å². The van der Waals surface area contributed by atoms with Crippen molar-refractivity contribution in [2.75, 3.05) is 17.1 Å². The number of hydrogen-bond donors (Lipinski definition) is 2. The molecule has 0 spiro atoms.